The maximum Gasteiger partial charge on any atom is 0.226 e. The Morgan fingerprint density at radius 2 is 1.64 bits per heavy atom. The summed E-state index contributed by atoms with van der Waals surface area (Å²) >= 11 is 6.31. The number of para-hydroxylation sites is 1. The summed E-state index contributed by atoms with van der Waals surface area (Å²) in [6.07, 6.45) is 1.77. The van der Waals surface area contributed by atoms with Gasteiger partial charge in [0.1, 0.15) is 6.26 Å². The number of halogens is 1. The number of rotatable bonds is 4. The lowest BCUT2D eigenvalue weighted by atomic mass is 10.2. The second-order valence-electron chi connectivity index (χ2n) is 6.22. The van der Waals surface area contributed by atoms with E-state index in [9.17, 15) is 0 Å². The predicted octanol–water partition coefficient (Wildman–Crippen LogP) is 4.32. The molecule has 1 aliphatic rings. The minimum Gasteiger partial charge on any atom is -0.444 e. The summed E-state index contributed by atoms with van der Waals surface area (Å²) in [6, 6.07) is 18.0. The Balaban J connectivity index is 1.36. The van der Waals surface area contributed by atoms with Gasteiger partial charge < -0.3 is 9.32 Å². The van der Waals surface area contributed by atoms with Crippen molar-refractivity contribution in [1.29, 1.82) is 0 Å². The fourth-order valence-electron chi connectivity index (χ4n) is 3.18. The summed E-state index contributed by atoms with van der Waals surface area (Å²) < 4.78 is 5.63. The molecule has 0 atom stereocenters. The zero-order chi connectivity index (χ0) is 17.1. The second-order valence-corrected chi connectivity index (χ2v) is 6.63. The van der Waals surface area contributed by atoms with Crippen LogP contribution in [0.3, 0.4) is 0 Å². The minimum absolute atomic E-state index is 0.685. The zero-order valence-corrected chi connectivity index (χ0v) is 14.7. The molecule has 4 nitrogen and oxygen atoms in total. The Hall–Kier alpha value is -2.30. The molecule has 0 amide bonds. The number of anilines is 1. The van der Waals surface area contributed by atoms with Gasteiger partial charge in [0.15, 0.2) is 0 Å². The Kier molecular flexibility index (Phi) is 4.72. The highest BCUT2D eigenvalue weighted by Crippen LogP contribution is 2.26. The molecule has 4 rings (SSSR count). The molecule has 0 aliphatic carbocycles. The molecule has 128 valence electrons. The monoisotopic (exact) mass is 353 g/mol. The molecule has 2 heterocycles. The van der Waals surface area contributed by atoms with Crippen LogP contribution in [-0.4, -0.2) is 36.1 Å². The Bertz CT molecular complexity index is 826. The Morgan fingerprint density at radius 3 is 2.40 bits per heavy atom. The van der Waals surface area contributed by atoms with E-state index in [1.165, 1.54) is 0 Å². The number of nitrogens with zero attached hydrogens (tertiary/aromatic N) is 3. The molecule has 0 unspecified atom stereocenters. The van der Waals surface area contributed by atoms with Gasteiger partial charge in [0.05, 0.1) is 16.4 Å². The van der Waals surface area contributed by atoms with Crippen LogP contribution in [0.4, 0.5) is 5.69 Å². The van der Waals surface area contributed by atoms with E-state index in [2.05, 4.69) is 20.9 Å². The molecule has 5 heteroatoms. The van der Waals surface area contributed by atoms with Gasteiger partial charge in [0.2, 0.25) is 5.89 Å². The fraction of sp³-hybridized carbons (Fsp3) is 0.250. The number of hydrogen-bond acceptors (Lipinski definition) is 4. The number of piperazine rings is 1. The highest BCUT2D eigenvalue weighted by atomic mass is 35.5. The second kappa shape index (κ2) is 7.30. The molecule has 1 saturated heterocycles. The quantitative estimate of drug-likeness (QED) is 0.699. The van der Waals surface area contributed by atoms with E-state index in [1.807, 2.05) is 48.5 Å². The van der Waals surface area contributed by atoms with Crippen LogP contribution in [0.15, 0.2) is 65.3 Å². The van der Waals surface area contributed by atoms with Crippen molar-refractivity contribution in [2.45, 2.75) is 6.54 Å². The predicted molar refractivity (Wildman–Crippen MR) is 101 cm³/mol. The summed E-state index contributed by atoms with van der Waals surface area (Å²) in [5, 5.41) is 0.819. The van der Waals surface area contributed by atoms with Crippen LogP contribution in [0.1, 0.15) is 5.69 Å². The number of benzene rings is 2. The van der Waals surface area contributed by atoms with Crippen molar-refractivity contribution in [2.75, 3.05) is 31.1 Å². The van der Waals surface area contributed by atoms with E-state index in [4.69, 9.17) is 16.0 Å². The molecule has 0 spiro atoms. The maximum atomic E-state index is 6.31. The average molecular weight is 354 g/mol. The van der Waals surface area contributed by atoms with Gasteiger partial charge in [-0.25, -0.2) is 4.98 Å². The van der Waals surface area contributed by atoms with Crippen LogP contribution in [0.5, 0.6) is 0 Å². The number of oxazole rings is 1. The van der Waals surface area contributed by atoms with Gasteiger partial charge >= 0.3 is 0 Å². The molecule has 1 aromatic heterocycles. The van der Waals surface area contributed by atoms with Crippen LogP contribution in [0.25, 0.3) is 11.5 Å². The number of aromatic nitrogens is 1. The Labute approximate surface area is 152 Å². The largest absolute Gasteiger partial charge is 0.444 e. The third-order valence-electron chi connectivity index (χ3n) is 4.52. The summed E-state index contributed by atoms with van der Waals surface area (Å²) in [4.78, 5) is 9.37. The van der Waals surface area contributed by atoms with Crippen molar-refractivity contribution in [3.05, 3.63) is 71.6 Å². The number of hydrogen-bond donors (Lipinski definition) is 0. The molecule has 1 fully saturated rings. The minimum atomic E-state index is 0.685. The van der Waals surface area contributed by atoms with Crippen molar-refractivity contribution in [3.63, 3.8) is 0 Å². The highest BCUT2D eigenvalue weighted by Gasteiger charge is 2.20. The zero-order valence-electron chi connectivity index (χ0n) is 13.9. The topological polar surface area (TPSA) is 32.5 Å². The lowest BCUT2D eigenvalue weighted by molar-refractivity contribution is 0.247. The third kappa shape index (κ3) is 3.70. The standard InChI is InChI=1S/C20H20ClN3O/c21-18-8-4-5-9-19(18)24-12-10-23(11-13-24)14-17-15-25-20(22-17)16-6-2-1-3-7-16/h1-9,15H,10-14H2. The SMILES string of the molecule is Clc1ccccc1N1CCN(Cc2coc(-c3ccccc3)n2)CC1. The van der Waals surface area contributed by atoms with Gasteiger partial charge in [-0.2, -0.15) is 0 Å². The molecule has 0 radical (unpaired) electrons. The van der Waals surface area contributed by atoms with Gasteiger partial charge in [-0.3, -0.25) is 4.90 Å². The van der Waals surface area contributed by atoms with Crippen molar-refractivity contribution in [3.8, 4) is 11.5 Å². The summed E-state index contributed by atoms with van der Waals surface area (Å²) in [5.41, 5.74) is 3.11. The van der Waals surface area contributed by atoms with Crippen LogP contribution in [0.2, 0.25) is 5.02 Å². The lowest BCUT2D eigenvalue weighted by Crippen LogP contribution is -2.46. The van der Waals surface area contributed by atoms with Gasteiger partial charge in [-0.05, 0) is 24.3 Å². The molecule has 25 heavy (non-hydrogen) atoms. The first kappa shape index (κ1) is 16.2. The third-order valence-corrected chi connectivity index (χ3v) is 4.84. The van der Waals surface area contributed by atoms with Crippen LogP contribution >= 0.6 is 11.6 Å². The van der Waals surface area contributed by atoms with Gasteiger partial charge in [0.25, 0.3) is 0 Å². The normalized spacial score (nSPS) is 15.5. The molecule has 0 bridgehead atoms. The van der Waals surface area contributed by atoms with Crippen LogP contribution in [-0.2, 0) is 6.54 Å². The first-order valence-corrected chi connectivity index (χ1v) is 8.89. The highest BCUT2D eigenvalue weighted by molar-refractivity contribution is 6.33. The first-order valence-electron chi connectivity index (χ1n) is 8.51. The van der Waals surface area contributed by atoms with Gasteiger partial charge in [0, 0.05) is 38.3 Å². The maximum absolute atomic E-state index is 6.31. The van der Waals surface area contributed by atoms with Crippen molar-refractivity contribution >= 4 is 17.3 Å². The first-order chi connectivity index (χ1) is 12.3. The van der Waals surface area contributed by atoms with E-state index in [0.717, 1.165) is 54.7 Å². The Morgan fingerprint density at radius 1 is 0.920 bits per heavy atom. The molecular formula is C20H20ClN3O. The van der Waals surface area contributed by atoms with Crippen LogP contribution in [0, 0.1) is 0 Å². The van der Waals surface area contributed by atoms with E-state index < -0.39 is 0 Å². The van der Waals surface area contributed by atoms with E-state index in [1.54, 1.807) is 6.26 Å². The van der Waals surface area contributed by atoms with Gasteiger partial charge in [-0.15, -0.1) is 0 Å². The van der Waals surface area contributed by atoms with E-state index in [-0.39, 0.29) is 0 Å². The van der Waals surface area contributed by atoms with Gasteiger partial charge in [-0.1, -0.05) is 41.9 Å². The van der Waals surface area contributed by atoms with Crippen LogP contribution < -0.4 is 4.90 Å². The lowest BCUT2D eigenvalue weighted by Gasteiger charge is -2.36. The molecule has 3 aromatic rings. The van der Waals surface area contributed by atoms with E-state index >= 15 is 0 Å². The van der Waals surface area contributed by atoms with E-state index in [0.29, 0.717) is 5.89 Å². The molecule has 2 aromatic carbocycles. The summed E-state index contributed by atoms with van der Waals surface area (Å²) in [7, 11) is 0. The average Bonchev–Trinajstić information content (AvgIpc) is 3.12. The molecule has 1 aliphatic heterocycles. The summed E-state index contributed by atoms with van der Waals surface area (Å²) in [6.45, 7) is 4.71. The summed E-state index contributed by atoms with van der Waals surface area (Å²) in [5.74, 6) is 0.685. The molecular weight excluding hydrogens is 334 g/mol. The van der Waals surface area contributed by atoms with Crippen molar-refractivity contribution < 1.29 is 4.42 Å². The molecule has 0 N–H and O–H groups in total. The molecule has 0 saturated carbocycles. The van der Waals surface area contributed by atoms with Crippen molar-refractivity contribution in [1.82, 2.24) is 9.88 Å². The van der Waals surface area contributed by atoms with Crippen molar-refractivity contribution in [2.24, 2.45) is 0 Å². The smallest absolute Gasteiger partial charge is 0.226 e. The fourth-order valence-corrected chi connectivity index (χ4v) is 3.43.